The van der Waals surface area contributed by atoms with Crippen LogP contribution in [0.15, 0.2) is 48.8 Å². The zero-order valence-electron chi connectivity index (χ0n) is 16.8. The second-order valence-corrected chi connectivity index (χ2v) is 7.95. The Labute approximate surface area is 171 Å². The molecule has 4 rings (SSSR count). The number of carbonyl (C=O) groups excluding carboxylic acids is 2. The number of carbonyl (C=O) groups is 2. The SMILES string of the molecule is CNC(=O)[C@]1(Cc2ccccc2-c2cccnc2)CCN(C(=O)[C@@H]2CCCO2)C1. The molecule has 2 amide bonds. The lowest BCUT2D eigenvalue weighted by atomic mass is 9.78. The van der Waals surface area contributed by atoms with Crippen LogP contribution < -0.4 is 5.32 Å². The fourth-order valence-corrected chi connectivity index (χ4v) is 4.55. The van der Waals surface area contributed by atoms with Crippen molar-refractivity contribution in [1.82, 2.24) is 15.2 Å². The Balaban J connectivity index is 1.61. The molecule has 3 heterocycles. The average Bonchev–Trinajstić information content (AvgIpc) is 3.45. The quantitative estimate of drug-likeness (QED) is 0.847. The minimum absolute atomic E-state index is 0.0128. The Morgan fingerprint density at radius 1 is 1.28 bits per heavy atom. The summed E-state index contributed by atoms with van der Waals surface area (Å²) < 4.78 is 5.58. The van der Waals surface area contributed by atoms with E-state index >= 15 is 0 Å². The summed E-state index contributed by atoms with van der Waals surface area (Å²) in [6.45, 7) is 1.65. The van der Waals surface area contributed by atoms with Gasteiger partial charge in [-0.1, -0.05) is 30.3 Å². The monoisotopic (exact) mass is 393 g/mol. The van der Waals surface area contributed by atoms with Gasteiger partial charge in [-0.3, -0.25) is 14.6 Å². The predicted octanol–water partition coefficient (Wildman–Crippen LogP) is 2.43. The van der Waals surface area contributed by atoms with E-state index in [0.29, 0.717) is 32.5 Å². The zero-order chi connectivity index (χ0) is 20.3. The Morgan fingerprint density at radius 2 is 2.14 bits per heavy atom. The van der Waals surface area contributed by atoms with Crippen LogP contribution in [0.3, 0.4) is 0 Å². The first-order valence-electron chi connectivity index (χ1n) is 10.2. The molecule has 0 spiro atoms. The lowest BCUT2D eigenvalue weighted by Crippen LogP contribution is -2.45. The standard InChI is InChI=1S/C23H27N3O3/c1-24-22(28)23(10-12-26(16-23)21(27)20-9-5-13-29-20)14-17-6-2-3-8-19(17)18-7-4-11-25-15-18/h2-4,6-8,11,15,20H,5,9-10,12-14,16H2,1H3,(H,24,28)/t20-,23-/m0/s1. The number of pyridine rings is 1. The van der Waals surface area contributed by atoms with Crippen LogP contribution in [0.4, 0.5) is 0 Å². The number of ether oxygens (including phenoxy) is 1. The van der Waals surface area contributed by atoms with Crippen molar-refractivity contribution in [2.45, 2.75) is 31.8 Å². The Morgan fingerprint density at radius 3 is 2.86 bits per heavy atom. The van der Waals surface area contributed by atoms with Crippen LogP contribution in [0.5, 0.6) is 0 Å². The molecule has 2 aliphatic heterocycles. The molecule has 2 aromatic rings. The molecule has 1 aromatic carbocycles. The molecule has 6 nitrogen and oxygen atoms in total. The van der Waals surface area contributed by atoms with Gasteiger partial charge in [-0.05, 0) is 42.9 Å². The molecule has 2 saturated heterocycles. The smallest absolute Gasteiger partial charge is 0.251 e. The van der Waals surface area contributed by atoms with E-state index < -0.39 is 5.41 Å². The van der Waals surface area contributed by atoms with Crippen molar-refractivity contribution in [2.75, 3.05) is 26.7 Å². The fraction of sp³-hybridized carbons (Fsp3) is 0.435. The molecule has 1 aromatic heterocycles. The van der Waals surface area contributed by atoms with Gasteiger partial charge in [0.2, 0.25) is 5.91 Å². The van der Waals surface area contributed by atoms with Gasteiger partial charge in [0.15, 0.2) is 0 Å². The molecule has 0 saturated carbocycles. The predicted molar refractivity (Wildman–Crippen MR) is 110 cm³/mol. The van der Waals surface area contributed by atoms with Crippen LogP contribution in [0.1, 0.15) is 24.8 Å². The summed E-state index contributed by atoms with van der Waals surface area (Å²) >= 11 is 0. The molecule has 0 unspecified atom stereocenters. The molecule has 1 N–H and O–H groups in total. The van der Waals surface area contributed by atoms with Gasteiger partial charge in [-0.25, -0.2) is 0 Å². The third-order valence-corrected chi connectivity index (χ3v) is 6.10. The summed E-state index contributed by atoms with van der Waals surface area (Å²) in [5.41, 5.74) is 2.56. The van der Waals surface area contributed by atoms with Crippen molar-refractivity contribution in [3.05, 3.63) is 54.4 Å². The highest BCUT2D eigenvalue weighted by Crippen LogP contribution is 2.38. The van der Waals surface area contributed by atoms with Crippen molar-refractivity contribution in [3.8, 4) is 11.1 Å². The van der Waals surface area contributed by atoms with Crippen LogP contribution >= 0.6 is 0 Å². The number of benzene rings is 1. The molecule has 0 aliphatic carbocycles. The number of nitrogens with one attached hydrogen (secondary N) is 1. The summed E-state index contributed by atoms with van der Waals surface area (Å²) in [6.07, 6.45) is 6.16. The van der Waals surface area contributed by atoms with Crippen LogP contribution in [0.25, 0.3) is 11.1 Å². The molecular weight excluding hydrogens is 366 g/mol. The Bertz CT molecular complexity index is 880. The number of hydrogen-bond acceptors (Lipinski definition) is 4. The van der Waals surface area contributed by atoms with Gasteiger partial charge >= 0.3 is 0 Å². The van der Waals surface area contributed by atoms with Gasteiger partial charge in [0.25, 0.3) is 5.91 Å². The topological polar surface area (TPSA) is 71.5 Å². The molecular formula is C23H27N3O3. The van der Waals surface area contributed by atoms with Gasteiger partial charge in [-0.15, -0.1) is 0 Å². The molecule has 6 heteroatoms. The summed E-state index contributed by atoms with van der Waals surface area (Å²) in [5, 5.41) is 2.84. The van der Waals surface area contributed by atoms with E-state index in [9.17, 15) is 9.59 Å². The van der Waals surface area contributed by atoms with Gasteiger partial charge in [-0.2, -0.15) is 0 Å². The lowest BCUT2D eigenvalue weighted by Gasteiger charge is -2.29. The number of nitrogens with zero attached hydrogens (tertiary/aromatic N) is 2. The van der Waals surface area contributed by atoms with Crippen molar-refractivity contribution in [2.24, 2.45) is 5.41 Å². The van der Waals surface area contributed by atoms with Crippen LogP contribution in [-0.4, -0.2) is 54.5 Å². The molecule has 29 heavy (non-hydrogen) atoms. The second kappa shape index (κ2) is 8.33. The first kappa shape index (κ1) is 19.6. The van der Waals surface area contributed by atoms with E-state index in [1.54, 1.807) is 13.2 Å². The van der Waals surface area contributed by atoms with Gasteiger partial charge < -0.3 is 15.0 Å². The number of rotatable bonds is 5. The number of hydrogen-bond donors (Lipinski definition) is 1. The number of amides is 2. The molecule has 0 bridgehead atoms. The van der Waals surface area contributed by atoms with E-state index in [0.717, 1.165) is 29.5 Å². The normalized spacial score (nSPS) is 23.9. The summed E-state index contributed by atoms with van der Waals surface area (Å²) in [5.74, 6) is 0.00922. The Hall–Kier alpha value is -2.73. The maximum Gasteiger partial charge on any atom is 0.251 e. The van der Waals surface area contributed by atoms with Gasteiger partial charge in [0.1, 0.15) is 6.10 Å². The Kier molecular flexibility index (Phi) is 5.62. The first-order chi connectivity index (χ1) is 14.1. The van der Waals surface area contributed by atoms with Crippen molar-refractivity contribution in [1.29, 1.82) is 0 Å². The molecule has 152 valence electrons. The van der Waals surface area contributed by atoms with E-state index in [1.165, 1.54) is 0 Å². The van der Waals surface area contributed by atoms with E-state index in [-0.39, 0.29) is 17.9 Å². The van der Waals surface area contributed by atoms with Crippen molar-refractivity contribution in [3.63, 3.8) is 0 Å². The summed E-state index contributed by atoms with van der Waals surface area (Å²) in [7, 11) is 1.67. The average molecular weight is 393 g/mol. The van der Waals surface area contributed by atoms with E-state index in [4.69, 9.17) is 4.74 Å². The molecule has 2 fully saturated rings. The number of aromatic nitrogens is 1. The van der Waals surface area contributed by atoms with E-state index in [2.05, 4.69) is 22.4 Å². The third kappa shape index (κ3) is 3.90. The largest absolute Gasteiger partial charge is 0.368 e. The lowest BCUT2D eigenvalue weighted by molar-refractivity contribution is -0.140. The molecule has 0 radical (unpaired) electrons. The first-order valence-corrected chi connectivity index (χ1v) is 10.2. The summed E-state index contributed by atoms with van der Waals surface area (Å²) in [4.78, 5) is 31.9. The fourth-order valence-electron chi connectivity index (χ4n) is 4.55. The highest BCUT2D eigenvalue weighted by atomic mass is 16.5. The summed E-state index contributed by atoms with van der Waals surface area (Å²) in [6, 6.07) is 12.1. The third-order valence-electron chi connectivity index (χ3n) is 6.10. The van der Waals surface area contributed by atoms with Crippen LogP contribution in [0.2, 0.25) is 0 Å². The minimum Gasteiger partial charge on any atom is -0.368 e. The second-order valence-electron chi connectivity index (χ2n) is 7.95. The highest BCUT2D eigenvalue weighted by Gasteiger charge is 2.47. The van der Waals surface area contributed by atoms with Crippen molar-refractivity contribution < 1.29 is 14.3 Å². The highest BCUT2D eigenvalue weighted by molar-refractivity contribution is 5.87. The van der Waals surface area contributed by atoms with Gasteiger partial charge in [0, 0.05) is 44.7 Å². The van der Waals surface area contributed by atoms with Crippen molar-refractivity contribution >= 4 is 11.8 Å². The van der Waals surface area contributed by atoms with Crippen LogP contribution in [0, 0.1) is 5.41 Å². The number of likely N-dealkylation sites (tertiary alicyclic amines) is 1. The maximum atomic E-state index is 13.0. The maximum absolute atomic E-state index is 13.0. The van der Waals surface area contributed by atoms with Gasteiger partial charge in [0.05, 0.1) is 5.41 Å². The molecule has 2 aliphatic rings. The molecule has 2 atom stereocenters. The minimum atomic E-state index is -0.638. The van der Waals surface area contributed by atoms with E-state index in [1.807, 2.05) is 35.4 Å². The zero-order valence-corrected chi connectivity index (χ0v) is 16.8. The van der Waals surface area contributed by atoms with Crippen LogP contribution in [-0.2, 0) is 20.7 Å².